The quantitative estimate of drug-likeness (QED) is 0.767. The second-order valence-electron chi connectivity index (χ2n) is 4.19. The minimum Gasteiger partial charge on any atom is -0.371 e. The maximum Gasteiger partial charge on any atom is 0.152 e. The summed E-state index contributed by atoms with van der Waals surface area (Å²) in [6, 6.07) is 11.7. The summed E-state index contributed by atoms with van der Waals surface area (Å²) in [6.07, 6.45) is 3.21. The molecule has 0 bridgehead atoms. The van der Waals surface area contributed by atoms with Crippen LogP contribution in [0.2, 0.25) is 0 Å². The van der Waals surface area contributed by atoms with E-state index in [0.717, 1.165) is 10.9 Å². The summed E-state index contributed by atoms with van der Waals surface area (Å²) < 4.78 is 0. The largest absolute Gasteiger partial charge is 0.371 e. The summed E-state index contributed by atoms with van der Waals surface area (Å²) in [5.41, 5.74) is 2.46. The minimum absolute atomic E-state index is 0.348. The van der Waals surface area contributed by atoms with Crippen molar-refractivity contribution in [3.05, 3.63) is 48.4 Å². The van der Waals surface area contributed by atoms with E-state index in [9.17, 15) is 5.26 Å². The number of fused-ring (bicyclic) bond motifs is 1. The van der Waals surface area contributed by atoms with Gasteiger partial charge in [-0.05, 0) is 12.1 Å². The van der Waals surface area contributed by atoms with Gasteiger partial charge in [0.15, 0.2) is 11.5 Å². The number of nitriles is 1. The molecule has 0 radical (unpaired) electrons. The molecule has 0 aliphatic heterocycles. The van der Waals surface area contributed by atoms with Gasteiger partial charge in [0.1, 0.15) is 11.8 Å². The Balaban J connectivity index is 2.32. The lowest BCUT2D eigenvalue weighted by molar-refractivity contribution is 1.18. The third-order valence-corrected chi connectivity index (χ3v) is 3.02. The van der Waals surface area contributed by atoms with Gasteiger partial charge in [0.25, 0.3) is 0 Å². The molecule has 0 spiro atoms. The summed E-state index contributed by atoms with van der Waals surface area (Å²) in [5.74, 6) is 0.626. The highest BCUT2D eigenvalue weighted by molar-refractivity contribution is 5.87. The Kier molecular flexibility index (Phi) is 2.98. The molecule has 5 nitrogen and oxygen atoms in total. The van der Waals surface area contributed by atoms with Crippen LogP contribution in [0.25, 0.3) is 22.2 Å². The monoisotopic (exact) mass is 261 g/mol. The van der Waals surface area contributed by atoms with Crippen LogP contribution in [0.4, 0.5) is 5.82 Å². The van der Waals surface area contributed by atoms with E-state index in [4.69, 9.17) is 0 Å². The predicted octanol–water partition coefficient (Wildman–Crippen LogP) is 2.61. The van der Waals surface area contributed by atoms with Crippen molar-refractivity contribution in [2.24, 2.45) is 0 Å². The number of aromatic nitrogens is 3. The molecule has 3 aromatic rings. The Morgan fingerprint density at radius 3 is 2.75 bits per heavy atom. The van der Waals surface area contributed by atoms with Gasteiger partial charge in [0.2, 0.25) is 0 Å². The molecule has 20 heavy (non-hydrogen) atoms. The van der Waals surface area contributed by atoms with Crippen molar-refractivity contribution < 1.29 is 0 Å². The van der Waals surface area contributed by atoms with Crippen molar-refractivity contribution in [2.45, 2.75) is 0 Å². The van der Waals surface area contributed by atoms with E-state index in [1.807, 2.05) is 30.3 Å². The van der Waals surface area contributed by atoms with Gasteiger partial charge in [-0.1, -0.05) is 18.2 Å². The van der Waals surface area contributed by atoms with Crippen molar-refractivity contribution in [1.82, 2.24) is 15.0 Å². The third-order valence-electron chi connectivity index (χ3n) is 3.02. The van der Waals surface area contributed by atoms with E-state index in [2.05, 4.69) is 26.3 Å². The fourth-order valence-corrected chi connectivity index (χ4v) is 2.10. The molecule has 1 N–H and O–H groups in total. The molecule has 96 valence electrons. The van der Waals surface area contributed by atoms with Crippen molar-refractivity contribution >= 4 is 16.7 Å². The van der Waals surface area contributed by atoms with E-state index in [-0.39, 0.29) is 0 Å². The minimum atomic E-state index is 0.348. The van der Waals surface area contributed by atoms with Gasteiger partial charge in [-0.25, -0.2) is 9.97 Å². The Morgan fingerprint density at radius 1 is 1.15 bits per heavy atom. The summed E-state index contributed by atoms with van der Waals surface area (Å²) in [4.78, 5) is 12.9. The first-order valence-electron chi connectivity index (χ1n) is 6.12. The number of benzene rings is 1. The fourth-order valence-electron chi connectivity index (χ4n) is 2.10. The van der Waals surface area contributed by atoms with E-state index >= 15 is 0 Å². The standard InChI is InChI=1S/C15H11N5/c1-17-15-14(18-6-7-19-15)11-8-10-4-2-3-5-12(10)20-13(11)9-16/h2-8H,1H3,(H,17,19). The molecule has 0 aliphatic carbocycles. The van der Waals surface area contributed by atoms with Crippen LogP contribution in [0.15, 0.2) is 42.7 Å². The summed E-state index contributed by atoms with van der Waals surface area (Å²) in [7, 11) is 1.77. The Hall–Kier alpha value is -3.00. The number of nitrogens with one attached hydrogen (secondary N) is 1. The van der Waals surface area contributed by atoms with Gasteiger partial charge in [-0.3, -0.25) is 4.98 Å². The molecular weight excluding hydrogens is 250 g/mol. The van der Waals surface area contributed by atoms with Crippen LogP contribution in [0.1, 0.15) is 5.69 Å². The molecule has 0 saturated carbocycles. The number of pyridine rings is 1. The van der Waals surface area contributed by atoms with Crippen molar-refractivity contribution in [1.29, 1.82) is 5.26 Å². The fraction of sp³-hybridized carbons (Fsp3) is 0.0667. The Labute approximate surface area is 116 Å². The van der Waals surface area contributed by atoms with E-state index < -0.39 is 0 Å². The number of rotatable bonds is 2. The van der Waals surface area contributed by atoms with Gasteiger partial charge >= 0.3 is 0 Å². The summed E-state index contributed by atoms with van der Waals surface area (Å²) in [5, 5.41) is 13.3. The maximum atomic E-state index is 9.32. The highest BCUT2D eigenvalue weighted by atomic mass is 15.0. The smallest absolute Gasteiger partial charge is 0.152 e. The van der Waals surface area contributed by atoms with Crippen LogP contribution in [0.3, 0.4) is 0 Å². The van der Waals surface area contributed by atoms with Crippen LogP contribution < -0.4 is 5.32 Å². The van der Waals surface area contributed by atoms with Crippen LogP contribution in [0.5, 0.6) is 0 Å². The lowest BCUT2D eigenvalue weighted by atomic mass is 10.1. The molecule has 0 aliphatic rings. The zero-order chi connectivity index (χ0) is 13.9. The van der Waals surface area contributed by atoms with Crippen molar-refractivity contribution in [3.63, 3.8) is 0 Å². The average molecular weight is 261 g/mol. The molecule has 5 heteroatoms. The average Bonchev–Trinajstić information content (AvgIpc) is 2.53. The second-order valence-corrected chi connectivity index (χ2v) is 4.19. The lowest BCUT2D eigenvalue weighted by Gasteiger charge is -2.09. The lowest BCUT2D eigenvalue weighted by Crippen LogP contribution is -2.00. The molecule has 2 aromatic heterocycles. The molecule has 0 fully saturated rings. The molecule has 0 amide bonds. The molecular formula is C15H11N5. The molecule has 2 heterocycles. The highest BCUT2D eigenvalue weighted by Gasteiger charge is 2.13. The van der Waals surface area contributed by atoms with Crippen molar-refractivity contribution in [3.8, 4) is 17.3 Å². The number of hydrogen-bond acceptors (Lipinski definition) is 5. The van der Waals surface area contributed by atoms with E-state index in [1.54, 1.807) is 19.4 Å². The first kappa shape index (κ1) is 12.1. The Bertz CT molecular complexity index is 820. The van der Waals surface area contributed by atoms with Gasteiger partial charge in [-0.15, -0.1) is 0 Å². The molecule has 1 aromatic carbocycles. The Morgan fingerprint density at radius 2 is 1.95 bits per heavy atom. The number of anilines is 1. The number of hydrogen-bond donors (Lipinski definition) is 1. The zero-order valence-corrected chi connectivity index (χ0v) is 10.8. The topological polar surface area (TPSA) is 74.5 Å². The number of para-hydroxylation sites is 1. The maximum absolute atomic E-state index is 9.32. The van der Waals surface area contributed by atoms with Crippen LogP contribution in [-0.4, -0.2) is 22.0 Å². The van der Waals surface area contributed by atoms with E-state index in [1.165, 1.54) is 0 Å². The second kappa shape index (κ2) is 4.94. The first-order valence-corrected chi connectivity index (χ1v) is 6.12. The van der Waals surface area contributed by atoms with Crippen LogP contribution in [-0.2, 0) is 0 Å². The van der Waals surface area contributed by atoms with Crippen molar-refractivity contribution in [2.75, 3.05) is 12.4 Å². The molecule has 0 atom stereocenters. The third kappa shape index (κ3) is 1.93. The normalized spacial score (nSPS) is 10.2. The van der Waals surface area contributed by atoms with Gasteiger partial charge < -0.3 is 5.32 Å². The zero-order valence-electron chi connectivity index (χ0n) is 10.8. The van der Waals surface area contributed by atoms with Crippen LogP contribution in [0, 0.1) is 11.3 Å². The molecule has 0 unspecified atom stereocenters. The van der Waals surface area contributed by atoms with Gasteiger partial charge in [-0.2, -0.15) is 5.26 Å². The molecule has 3 rings (SSSR count). The SMILES string of the molecule is CNc1nccnc1-c1cc2ccccc2nc1C#N. The predicted molar refractivity (Wildman–Crippen MR) is 77.0 cm³/mol. The van der Waals surface area contributed by atoms with E-state index in [0.29, 0.717) is 22.8 Å². The number of nitrogens with zero attached hydrogens (tertiary/aromatic N) is 4. The summed E-state index contributed by atoms with van der Waals surface area (Å²) in [6.45, 7) is 0. The first-order chi connectivity index (χ1) is 9.83. The van der Waals surface area contributed by atoms with Crippen LogP contribution >= 0.6 is 0 Å². The van der Waals surface area contributed by atoms with Gasteiger partial charge in [0, 0.05) is 30.4 Å². The highest BCUT2D eigenvalue weighted by Crippen LogP contribution is 2.28. The molecule has 0 saturated heterocycles. The van der Waals surface area contributed by atoms with Gasteiger partial charge in [0.05, 0.1) is 5.52 Å². The summed E-state index contributed by atoms with van der Waals surface area (Å²) >= 11 is 0.